The van der Waals surface area contributed by atoms with Gasteiger partial charge in [0.15, 0.2) is 5.65 Å². The van der Waals surface area contributed by atoms with Gasteiger partial charge in [0.05, 0.1) is 5.02 Å². The van der Waals surface area contributed by atoms with Gasteiger partial charge in [-0.2, -0.15) is 4.98 Å². The Balaban J connectivity index is 2.15. The molecule has 1 aromatic carbocycles. The first-order chi connectivity index (χ1) is 8.63. The van der Waals surface area contributed by atoms with Crippen molar-refractivity contribution in [2.24, 2.45) is 0 Å². The number of nitrogens with zero attached hydrogens (tertiary/aromatic N) is 3. The van der Waals surface area contributed by atoms with E-state index in [1.54, 1.807) is 28.9 Å². The van der Waals surface area contributed by atoms with Crippen LogP contribution in [0.1, 0.15) is 0 Å². The molecule has 3 aromatic rings. The Kier molecular flexibility index (Phi) is 2.41. The molecule has 3 rings (SSSR count). The lowest BCUT2D eigenvalue weighted by atomic mass is 10.1. The van der Waals surface area contributed by atoms with Crippen LogP contribution in [0.3, 0.4) is 0 Å². The first-order valence-corrected chi connectivity index (χ1v) is 5.58. The Morgan fingerprint density at radius 2 is 1.94 bits per heavy atom. The second-order valence-corrected chi connectivity index (χ2v) is 4.23. The number of nitrogens with two attached hydrogens (primary N) is 1. The second-order valence-electron chi connectivity index (χ2n) is 3.82. The average Bonchev–Trinajstić information content (AvgIpc) is 2.71. The molecule has 0 aliphatic carbocycles. The van der Waals surface area contributed by atoms with Gasteiger partial charge in [-0.1, -0.05) is 17.7 Å². The molecule has 0 radical (unpaired) electrons. The smallest absolute Gasteiger partial charge is 0.240 e. The highest BCUT2D eigenvalue weighted by Gasteiger charge is 2.05. The van der Waals surface area contributed by atoms with Crippen LogP contribution in [0, 0.1) is 5.82 Å². The zero-order chi connectivity index (χ0) is 12.7. The molecule has 6 heteroatoms. The second kappa shape index (κ2) is 3.96. The van der Waals surface area contributed by atoms with Crippen molar-refractivity contribution in [3.8, 4) is 11.1 Å². The van der Waals surface area contributed by atoms with E-state index in [1.807, 2.05) is 6.07 Å². The van der Waals surface area contributed by atoms with Crippen molar-refractivity contribution >= 4 is 23.2 Å². The van der Waals surface area contributed by atoms with E-state index in [0.717, 1.165) is 11.1 Å². The van der Waals surface area contributed by atoms with Crippen molar-refractivity contribution in [3.63, 3.8) is 0 Å². The Hall–Kier alpha value is -2.14. The molecule has 0 spiro atoms. The summed E-state index contributed by atoms with van der Waals surface area (Å²) in [6.45, 7) is 0. The van der Waals surface area contributed by atoms with E-state index in [-0.39, 0.29) is 11.0 Å². The average molecular weight is 263 g/mol. The summed E-state index contributed by atoms with van der Waals surface area (Å²) in [6.07, 6.45) is 1.77. The minimum atomic E-state index is -0.438. The van der Waals surface area contributed by atoms with Gasteiger partial charge < -0.3 is 5.73 Å². The molecule has 2 aromatic heterocycles. The molecule has 2 N–H and O–H groups in total. The fourth-order valence-corrected chi connectivity index (χ4v) is 1.93. The summed E-state index contributed by atoms with van der Waals surface area (Å²) in [5, 5.41) is 4.10. The Morgan fingerprint density at radius 1 is 1.17 bits per heavy atom. The SMILES string of the molecule is Nc1nc2ccc(-c3ccc(F)c(Cl)c3)cn2n1. The maximum atomic E-state index is 13.1. The van der Waals surface area contributed by atoms with E-state index in [0.29, 0.717) is 5.65 Å². The van der Waals surface area contributed by atoms with Crippen molar-refractivity contribution in [2.45, 2.75) is 0 Å². The van der Waals surface area contributed by atoms with Gasteiger partial charge in [0, 0.05) is 11.8 Å². The molecule has 0 aliphatic rings. The van der Waals surface area contributed by atoms with Gasteiger partial charge in [0.2, 0.25) is 5.95 Å². The lowest BCUT2D eigenvalue weighted by Crippen LogP contribution is -1.90. The first-order valence-electron chi connectivity index (χ1n) is 5.21. The molecular weight excluding hydrogens is 255 g/mol. The molecule has 0 saturated carbocycles. The van der Waals surface area contributed by atoms with Crippen LogP contribution in [0.15, 0.2) is 36.5 Å². The lowest BCUT2D eigenvalue weighted by molar-refractivity contribution is 0.628. The highest BCUT2D eigenvalue weighted by Crippen LogP contribution is 2.25. The van der Waals surface area contributed by atoms with Crippen LogP contribution in [-0.2, 0) is 0 Å². The van der Waals surface area contributed by atoms with Gasteiger partial charge in [0.1, 0.15) is 5.82 Å². The third-order valence-electron chi connectivity index (χ3n) is 2.60. The molecule has 0 saturated heterocycles. The summed E-state index contributed by atoms with van der Waals surface area (Å²) in [5.41, 5.74) is 7.83. The molecular formula is C12H8ClFN4. The number of nitrogen functional groups attached to an aromatic ring is 1. The van der Waals surface area contributed by atoms with Crippen molar-refractivity contribution < 1.29 is 4.39 Å². The van der Waals surface area contributed by atoms with Gasteiger partial charge in [-0.15, -0.1) is 5.10 Å². The maximum Gasteiger partial charge on any atom is 0.240 e. The molecule has 0 fully saturated rings. The molecule has 2 heterocycles. The number of fused-ring (bicyclic) bond motifs is 1. The third kappa shape index (κ3) is 1.78. The number of hydrogen-bond donors (Lipinski definition) is 1. The van der Waals surface area contributed by atoms with E-state index in [2.05, 4.69) is 10.1 Å². The number of aromatic nitrogens is 3. The Labute approximate surface area is 107 Å². The molecule has 0 unspecified atom stereocenters. The zero-order valence-corrected chi connectivity index (χ0v) is 9.89. The molecule has 90 valence electrons. The summed E-state index contributed by atoms with van der Waals surface area (Å²) in [6, 6.07) is 8.20. The van der Waals surface area contributed by atoms with Crippen molar-refractivity contribution in [1.82, 2.24) is 14.6 Å². The lowest BCUT2D eigenvalue weighted by Gasteiger charge is -2.03. The molecule has 0 atom stereocenters. The number of rotatable bonds is 1. The van der Waals surface area contributed by atoms with E-state index in [4.69, 9.17) is 17.3 Å². The minimum absolute atomic E-state index is 0.0886. The number of halogens is 2. The van der Waals surface area contributed by atoms with E-state index in [1.165, 1.54) is 6.07 Å². The predicted octanol–water partition coefficient (Wildman–Crippen LogP) is 2.77. The molecule has 0 bridgehead atoms. The normalized spacial score (nSPS) is 11.0. The number of hydrogen-bond acceptors (Lipinski definition) is 3. The van der Waals surface area contributed by atoms with Crippen molar-refractivity contribution in [3.05, 3.63) is 47.4 Å². The summed E-state index contributed by atoms with van der Waals surface area (Å²) < 4.78 is 14.7. The topological polar surface area (TPSA) is 56.2 Å². The Morgan fingerprint density at radius 3 is 2.72 bits per heavy atom. The molecule has 4 nitrogen and oxygen atoms in total. The highest BCUT2D eigenvalue weighted by molar-refractivity contribution is 6.31. The van der Waals surface area contributed by atoms with Crippen LogP contribution < -0.4 is 5.73 Å². The highest BCUT2D eigenvalue weighted by atomic mass is 35.5. The van der Waals surface area contributed by atoms with Gasteiger partial charge >= 0.3 is 0 Å². The fourth-order valence-electron chi connectivity index (χ4n) is 1.75. The largest absolute Gasteiger partial charge is 0.366 e. The molecule has 0 aliphatic heterocycles. The van der Waals surface area contributed by atoms with Gasteiger partial charge in [-0.25, -0.2) is 8.91 Å². The van der Waals surface area contributed by atoms with Crippen molar-refractivity contribution in [1.29, 1.82) is 0 Å². The Bertz CT molecular complexity index is 738. The third-order valence-corrected chi connectivity index (χ3v) is 2.89. The van der Waals surface area contributed by atoms with Crippen LogP contribution in [-0.4, -0.2) is 14.6 Å². The predicted molar refractivity (Wildman–Crippen MR) is 67.8 cm³/mol. The van der Waals surface area contributed by atoms with E-state index >= 15 is 0 Å². The summed E-state index contributed by atoms with van der Waals surface area (Å²) in [7, 11) is 0. The van der Waals surface area contributed by atoms with Crippen LogP contribution >= 0.6 is 11.6 Å². The van der Waals surface area contributed by atoms with E-state index in [9.17, 15) is 4.39 Å². The zero-order valence-electron chi connectivity index (χ0n) is 9.14. The van der Waals surface area contributed by atoms with Gasteiger partial charge in [0.25, 0.3) is 0 Å². The van der Waals surface area contributed by atoms with Crippen LogP contribution in [0.25, 0.3) is 16.8 Å². The fraction of sp³-hybridized carbons (Fsp3) is 0. The summed E-state index contributed by atoms with van der Waals surface area (Å²) in [4.78, 5) is 4.02. The molecule has 18 heavy (non-hydrogen) atoms. The van der Waals surface area contributed by atoms with Crippen LogP contribution in [0.2, 0.25) is 5.02 Å². The molecule has 0 amide bonds. The van der Waals surface area contributed by atoms with Crippen LogP contribution in [0.4, 0.5) is 10.3 Å². The number of anilines is 1. The number of pyridine rings is 1. The van der Waals surface area contributed by atoms with Crippen LogP contribution in [0.5, 0.6) is 0 Å². The van der Waals surface area contributed by atoms with E-state index < -0.39 is 5.82 Å². The summed E-state index contributed by atoms with van der Waals surface area (Å²) >= 11 is 5.76. The van der Waals surface area contributed by atoms with Gasteiger partial charge in [-0.05, 0) is 29.8 Å². The standard InChI is InChI=1S/C12H8ClFN4/c13-9-5-7(1-3-10(9)14)8-2-4-11-16-12(15)17-18(11)6-8/h1-6H,(H2,15,17). The monoisotopic (exact) mass is 262 g/mol. The van der Waals surface area contributed by atoms with Gasteiger partial charge in [-0.3, -0.25) is 0 Å². The quantitative estimate of drug-likeness (QED) is 0.734. The summed E-state index contributed by atoms with van der Waals surface area (Å²) in [5.74, 6) is -0.226. The number of benzene rings is 1. The first kappa shape index (κ1) is 11.0. The maximum absolute atomic E-state index is 13.1. The minimum Gasteiger partial charge on any atom is -0.366 e. The van der Waals surface area contributed by atoms with Crippen molar-refractivity contribution in [2.75, 3.05) is 5.73 Å².